The van der Waals surface area contributed by atoms with Crippen molar-refractivity contribution in [3.8, 4) is 0 Å². The van der Waals surface area contributed by atoms with E-state index in [2.05, 4.69) is 0 Å². The Bertz CT molecular complexity index is 129. The molecule has 0 aliphatic carbocycles. The molecule has 119 valence electrons. The van der Waals surface area contributed by atoms with Gasteiger partial charge in [-0.2, -0.15) is 0 Å². The van der Waals surface area contributed by atoms with Crippen LogP contribution in [0.15, 0.2) is 32.0 Å². The maximum Gasteiger partial charge on any atom is 2.00 e. The van der Waals surface area contributed by atoms with Crippen molar-refractivity contribution in [1.29, 1.82) is 0 Å². The molecule has 0 aliphatic heterocycles. The van der Waals surface area contributed by atoms with Crippen molar-refractivity contribution in [2.75, 3.05) is 0 Å². The average Bonchev–Trinajstić information content (AvgIpc) is 2.23. The number of rotatable bonds is 0. The molecule has 0 heterocycles. The quantitative estimate of drug-likeness (QED) is 0.139. The average molecular weight is 625 g/mol. The van der Waals surface area contributed by atoms with Gasteiger partial charge in [-0.15, -0.1) is 32.0 Å². The van der Waals surface area contributed by atoms with Crippen LogP contribution in [0.3, 0.4) is 0 Å². The topological polar surface area (TPSA) is 315 Å². The van der Waals surface area contributed by atoms with Gasteiger partial charge in [-0.05, 0) is 0 Å². The Morgan fingerprint density at radius 1 is 0.409 bits per heavy atom. The third-order valence-electron chi connectivity index (χ3n) is 0. The Morgan fingerprint density at radius 3 is 0.409 bits per heavy atom. The normalized spacial score (nSPS) is 3.27. The molecule has 0 saturated carbocycles. The van der Waals surface area contributed by atoms with Gasteiger partial charge in [0.2, 0.25) is 0 Å². The zero-order valence-corrected chi connectivity index (χ0v) is 21.5. The molecule has 0 aromatic carbocycles. The van der Waals surface area contributed by atoms with Crippen LogP contribution in [0.4, 0.5) is 0 Å². The molecule has 0 saturated heterocycles. The molecule has 0 rings (SSSR count). The summed E-state index contributed by atoms with van der Waals surface area (Å²) in [6.07, 6.45) is 0. The molecule has 0 N–H and O–H groups in total. The fourth-order valence-electron chi connectivity index (χ4n) is 0. The van der Waals surface area contributed by atoms with Gasteiger partial charge in [-0.1, -0.05) is 0 Å². The van der Waals surface area contributed by atoms with E-state index in [1.54, 1.807) is 0 Å². The second-order valence-electron chi connectivity index (χ2n) is 0.447. The van der Waals surface area contributed by atoms with Crippen molar-refractivity contribution in [3.05, 3.63) is 60.7 Å². The molecule has 0 aliphatic rings. The summed E-state index contributed by atoms with van der Waals surface area (Å²) in [5, 5.41) is 54.0. The molecule has 0 fully saturated rings. The Balaban J connectivity index is -0.00000000947. The van der Waals surface area contributed by atoms with Gasteiger partial charge in [0.05, 0.1) is 0 Å². The first-order chi connectivity index (χ1) is 8.49. The summed E-state index contributed by atoms with van der Waals surface area (Å²) in [6.45, 7) is 0. The van der Waals surface area contributed by atoms with Crippen molar-refractivity contribution in [3.63, 3.8) is 0 Å². The van der Waals surface area contributed by atoms with E-state index in [4.69, 9.17) is 60.7 Å². The molecule has 0 aromatic heterocycles. The summed E-state index contributed by atoms with van der Waals surface area (Å²) < 4.78 is 0. The number of nitrogens with zero attached hydrogens (tertiary/aromatic N) is 6. The van der Waals surface area contributed by atoms with Crippen LogP contribution in [-0.4, -0.2) is 27.3 Å². The minimum atomic E-state index is 0. The van der Waals surface area contributed by atoms with Crippen molar-refractivity contribution < 1.29 is 120 Å². The molecule has 0 unspecified atom stereocenters. The Labute approximate surface area is 235 Å². The first kappa shape index (κ1) is 65.7. The monoisotopic (exact) mass is 625 g/mol. The van der Waals surface area contributed by atoms with E-state index in [1.807, 2.05) is 0 Å². The molecule has 0 aromatic rings. The van der Waals surface area contributed by atoms with Crippen LogP contribution in [0, 0.1) is 60.7 Å². The standard InChI is InChI=1S/Cu.2K.6HNO2.Pb/c;;;6*2-1-3;/h;;;6*(H,2,3);/q+2;2*+1;;;;;;;+2/p-6. The largest absolute Gasteiger partial charge is 2.00 e. The van der Waals surface area contributed by atoms with Gasteiger partial charge in [-0.3, -0.25) is 0 Å². The van der Waals surface area contributed by atoms with Gasteiger partial charge in [0, 0.05) is 0 Å². The van der Waals surface area contributed by atoms with E-state index in [9.17, 15) is 0 Å². The second kappa shape index (κ2) is 195. The number of hydrogen-bond donors (Lipinski definition) is 0. The second-order valence-corrected chi connectivity index (χ2v) is 0.447. The van der Waals surface area contributed by atoms with E-state index in [-0.39, 0.29) is 147 Å². The van der Waals surface area contributed by atoms with E-state index >= 15 is 0 Å². The number of hydrogen-bond acceptors (Lipinski definition) is 18. The molecule has 3 radical (unpaired) electrons. The zero-order valence-electron chi connectivity index (χ0n) is 10.4. The van der Waals surface area contributed by atoms with Crippen LogP contribution in [0.2, 0.25) is 0 Å². The Kier molecular flexibility index (Phi) is 582. The van der Waals surface area contributed by atoms with Gasteiger partial charge in [-0.25, -0.2) is 0 Å². The molecule has 0 spiro atoms. The third-order valence-corrected chi connectivity index (χ3v) is 0. The molecule has 18 nitrogen and oxygen atoms in total. The van der Waals surface area contributed by atoms with Crippen molar-refractivity contribution in [2.45, 2.75) is 0 Å². The van der Waals surface area contributed by atoms with Crippen LogP contribution in [-0.2, 0) is 17.1 Å². The van der Waals surface area contributed by atoms with Crippen molar-refractivity contribution in [2.24, 2.45) is 32.0 Å². The first-order valence-corrected chi connectivity index (χ1v) is 2.19. The molecule has 0 amide bonds. The van der Waals surface area contributed by atoms with Crippen molar-refractivity contribution >= 4 is 27.3 Å². The maximum atomic E-state index is 8.00. The molecule has 0 atom stereocenters. The Hall–Kier alpha value is 1.11. The Morgan fingerprint density at radius 2 is 0.409 bits per heavy atom. The smallest absolute Gasteiger partial charge is 0.444 e. The predicted octanol–water partition coefficient (Wildman–Crippen LogP) is -4.87. The van der Waals surface area contributed by atoms with Gasteiger partial charge >= 0.3 is 147 Å². The molecular formula is CuK2N6O12Pb. The summed E-state index contributed by atoms with van der Waals surface area (Å²) in [4.78, 5) is 48.0. The van der Waals surface area contributed by atoms with E-state index in [1.165, 1.54) is 0 Å². The molecule has 22 heteroatoms. The molecule has 0 bridgehead atoms. The minimum Gasteiger partial charge on any atom is -0.444 e. The maximum absolute atomic E-state index is 8.00. The summed E-state index contributed by atoms with van der Waals surface area (Å²) >= 11 is 0. The van der Waals surface area contributed by atoms with Gasteiger partial charge < -0.3 is 60.7 Å². The summed E-state index contributed by atoms with van der Waals surface area (Å²) in [5.41, 5.74) is 0. The van der Waals surface area contributed by atoms with E-state index in [0.29, 0.717) is 0 Å². The molecule has 22 heavy (non-hydrogen) atoms. The SMILES string of the molecule is O=N[O-].O=N[O-].O=N[O-].O=N[O-].O=N[O-].O=N[O-].[Cu+2].[K+].[K+].[Pb+2]. The third kappa shape index (κ3) is 6880. The van der Waals surface area contributed by atoms with E-state index in [0.717, 1.165) is 32.0 Å². The molecular weight excluding hydrogens is 625 g/mol. The summed E-state index contributed by atoms with van der Waals surface area (Å²) in [5.74, 6) is 0. The first-order valence-electron chi connectivity index (χ1n) is 2.19. The zero-order chi connectivity index (χ0) is 16.2. The van der Waals surface area contributed by atoms with Crippen LogP contribution in [0.1, 0.15) is 0 Å². The predicted molar refractivity (Wildman–Crippen MR) is 60.7 cm³/mol. The van der Waals surface area contributed by atoms with Gasteiger partial charge in [0.15, 0.2) is 0 Å². The van der Waals surface area contributed by atoms with Crippen LogP contribution in [0.5, 0.6) is 0 Å². The fourth-order valence-corrected chi connectivity index (χ4v) is 0. The van der Waals surface area contributed by atoms with Crippen LogP contribution in [0.25, 0.3) is 0 Å². The minimum absolute atomic E-state index is 0. The van der Waals surface area contributed by atoms with Crippen LogP contribution >= 0.6 is 0 Å². The van der Waals surface area contributed by atoms with Gasteiger partial charge in [0.1, 0.15) is 0 Å². The fraction of sp³-hybridized carbons (Fsp3) is 0. The summed E-state index contributed by atoms with van der Waals surface area (Å²) in [6, 6.07) is 0. The summed E-state index contributed by atoms with van der Waals surface area (Å²) in [7, 11) is 0. The van der Waals surface area contributed by atoms with Crippen LogP contribution < -0.4 is 103 Å². The van der Waals surface area contributed by atoms with E-state index < -0.39 is 0 Å². The van der Waals surface area contributed by atoms with Gasteiger partial charge in [0.25, 0.3) is 0 Å². The van der Waals surface area contributed by atoms with Crippen molar-refractivity contribution in [1.82, 2.24) is 0 Å².